The number of nitrogens with zero attached hydrogens (tertiary/aromatic N) is 3. The van der Waals surface area contributed by atoms with Gasteiger partial charge in [0, 0.05) is 53.7 Å². The molecule has 10 heteroatoms. The number of nitrogens with one attached hydrogen (secondary N) is 3. The number of aliphatic hydroxyl groups is 1. The van der Waals surface area contributed by atoms with Crippen LogP contribution in [0, 0.1) is 5.41 Å². The standard InChI is InChI=1S/C31H36N6O4/c1-30(2,3)26-18-27(35-29(40)34-22-9-11-24(12-10-22)41-25-13-15-32-16-14-25)37(36-26)23-8-6-7-21(17-23)28(39)33-19-31(4,5)20-38/h6-18,38H,19-20H2,1-5H3,(H,33,39)(H2,34,35,40). The molecule has 0 fully saturated rings. The number of aliphatic hydroxyl groups excluding tert-OH is 1. The second kappa shape index (κ2) is 12.2. The van der Waals surface area contributed by atoms with E-state index in [9.17, 15) is 14.7 Å². The maximum absolute atomic E-state index is 13.0. The zero-order chi connectivity index (χ0) is 29.6. The summed E-state index contributed by atoms with van der Waals surface area (Å²) in [5.74, 6) is 1.47. The fraction of sp³-hybridized carbons (Fsp3) is 0.290. The zero-order valence-corrected chi connectivity index (χ0v) is 23.9. The molecule has 0 aliphatic heterocycles. The second-order valence-electron chi connectivity index (χ2n) is 11.5. The lowest BCUT2D eigenvalue weighted by Gasteiger charge is -2.21. The van der Waals surface area contributed by atoms with Crippen LogP contribution in [0.5, 0.6) is 11.5 Å². The van der Waals surface area contributed by atoms with Gasteiger partial charge in [0.15, 0.2) is 0 Å². The Hall–Kier alpha value is -4.70. The molecule has 10 nitrogen and oxygen atoms in total. The van der Waals surface area contributed by atoms with Crippen molar-refractivity contribution >= 4 is 23.4 Å². The summed E-state index contributed by atoms with van der Waals surface area (Å²) in [6, 6.07) is 18.9. The van der Waals surface area contributed by atoms with Gasteiger partial charge < -0.3 is 20.5 Å². The van der Waals surface area contributed by atoms with E-state index in [1.54, 1.807) is 71.7 Å². The minimum Gasteiger partial charge on any atom is -0.457 e. The van der Waals surface area contributed by atoms with E-state index in [0.29, 0.717) is 40.8 Å². The predicted molar refractivity (Wildman–Crippen MR) is 159 cm³/mol. The second-order valence-corrected chi connectivity index (χ2v) is 11.5. The van der Waals surface area contributed by atoms with Crippen LogP contribution in [0.2, 0.25) is 0 Å². The van der Waals surface area contributed by atoms with Crippen molar-refractivity contribution in [2.45, 2.75) is 40.0 Å². The lowest BCUT2D eigenvalue weighted by molar-refractivity contribution is 0.0911. The average Bonchev–Trinajstić information content (AvgIpc) is 3.38. The molecule has 0 unspecified atom stereocenters. The monoisotopic (exact) mass is 556 g/mol. The SMILES string of the molecule is CC(C)(CO)CNC(=O)c1cccc(-n2nc(C(C)(C)C)cc2NC(=O)Nc2ccc(Oc3ccncc3)cc2)c1. The highest BCUT2D eigenvalue weighted by Gasteiger charge is 2.23. The average molecular weight is 557 g/mol. The quantitative estimate of drug-likeness (QED) is 0.208. The van der Waals surface area contributed by atoms with Crippen molar-refractivity contribution < 1.29 is 19.4 Å². The Morgan fingerprint density at radius 2 is 1.59 bits per heavy atom. The molecule has 0 atom stereocenters. The molecular weight excluding hydrogens is 520 g/mol. The van der Waals surface area contributed by atoms with Crippen LogP contribution in [-0.2, 0) is 5.41 Å². The number of hydrogen-bond acceptors (Lipinski definition) is 6. The molecule has 0 saturated carbocycles. The summed E-state index contributed by atoms with van der Waals surface area (Å²) in [6.07, 6.45) is 3.30. The number of pyridine rings is 1. The molecule has 2 aromatic carbocycles. The van der Waals surface area contributed by atoms with Crippen molar-refractivity contribution in [3.05, 3.63) is 90.4 Å². The van der Waals surface area contributed by atoms with E-state index < -0.39 is 11.4 Å². The number of carbonyl (C=O) groups is 2. The number of benzene rings is 2. The van der Waals surface area contributed by atoms with E-state index >= 15 is 0 Å². The molecule has 41 heavy (non-hydrogen) atoms. The van der Waals surface area contributed by atoms with Gasteiger partial charge in [-0.2, -0.15) is 5.10 Å². The van der Waals surface area contributed by atoms with E-state index in [2.05, 4.69) is 20.9 Å². The van der Waals surface area contributed by atoms with Gasteiger partial charge in [0.25, 0.3) is 5.91 Å². The maximum Gasteiger partial charge on any atom is 0.324 e. The van der Waals surface area contributed by atoms with Gasteiger partial charge in [-0.25, -0.2) is 9.48 Å². The number of hydrogen-bond donors (Lipinski definition) is 4. The van der Waals surface area contributed by atoms with E-state index in [4.69, 9.17) is 9.84 Å². The topological polar surface area (TPSA) is 130 Å². The van der Waals surface area contributed by atoms with E-state index in [1.807, 2.05) is 46.8 Å². The number of carbonyl (C=O) groups excluding carboxylic acids is 2. The molecule has 214 valence electrons. The fourth-order valence-electron chi connectivity index (χ4n) is 3.72. The molecule has 0 radical (unpaired) electrons. The lowest BCUT2D eigenvalue weighted by Crippen LogP contribution is -2.36. The normalized spacial score (nSPS) is 11.6. The van der Waals surface area contributed by atoms with Gasteiger partial charge >= 0.3 is 6.03 Å². The maximum atomic E-state index is 13.0. The highest BCUT2D eigenvalue weighted by molar-refractivity contribution is 5.99. The number of aromatic nitrogens is 3. The third-order valence-corrected chi connectivity index (χ3v) is 6.23. The van der Waals surface area contributed by atoms with E-state index in [0.717, 1.165) is 5.69 Å². The molecule has 2 heterocycles. The van der Waals surface area contributed by atoms with Crippen LogP contribution < -0.4 is 20.7 Å². The summed E-state index contributed by atoms with van der Waals surface area (Å²) in [5, 5.41) is 22.8. The first-order chi connectivity index (χ1) is 19.4. The molecule has 4 N–H and O–H groups in total. The van der Waals surface area contributed by atoms with E-state index in [1.165, 1.54) is 0 Å². The Kier molecular flexibility index (Phi) is 8.73. The molecule has 0 aliphatic rings. The highest BCUT2D eigenvalue weighted by atomic mass is 16.5. The summed E-state index contributed by atoms with van der Waals surface area (Å²) >= 11 is 0. The third-order valence-electron chi connectivity index (χ3n) is 6.23. The molecule has 4 aromatic rings. The Morgan fingerprint density at radius 1 is 0.902 bits per heavy atom. The highest BCUT2D eigenvalue weighted by Crippen LogP contribution is 2.27. The summed E-state index contributed by atoms with van der Waals surface area (Å²) in [6.45, 7) is 10.1. The number of ether oxygens (including phenoxy) is 1. The van der Waals surface area contributed by atoms with Crippen LogP contribution in [0.3, 0.4) is 0 Å². The van der Waals surface area contributed by atoms with Crippen LogP contribution in [0.4, 0.5) is 16.3 Å². The zero-order valence-electron chi connectivity index (χ0n) is 23.9. The smallest absolute Gasteiger partial charge is 0.324 e. The van der Waals surface area contributed by atoms with Gasteiger partial charge in [-0.3, -0.25) is 15.1 Å². The summed E-state index contributed by atoms with van der Waals surface area (Å²) < 4.78 is 7.39. The van der Waals surface area contributed by atoms with Crippen LogP contribution in [0.25, 0.3) is 5.69 Å². The van der Waals surface area contributed by atoms with E-state index in [-0.39, 0.29) is 17.9 Å². The summed E-state index contributed by atoms with van der Waals surface area (Å²) in [4.78, 5) is 29.8. The van der Waals surface area contributed by atoms with Gasteiger partial charge in [0.05, 0.1) is 11.4 Å². The number of amides is 3. The first-order valence-corrected chi connectivity index (χ1v) is 13.3. The third kappa shape index (κ3) is 7.92. The van der Waals surface area contributed by atoms with Gasteiger partial charge in [-0.05, 0) is 54.6 Å². The first kappa shape index (κ1) is 29.3. The molecule has 2 aromatic heterocycles. The van der Waals surface area contributed by atoms with Crippen molar-refractivity contribution in [2.75, 3.05) is 23.8 Å². The van der Waals surface area contributed by atoms with Gasteiger partial charge in [0.2, 0.25) is 0 Å². The first-order valence-electron chi connectivity index (χ1n) is 13.3. The predicted octanol–water partition coefficient (Wildman–Crippen LogP) is 5.75. The van der Waals surface area contributed by atoms with Crippen molar-refractivity contribution in [1.82, 2.24) is 20.1 Å². The van der Waals surface area contributed by atoms with Crippen LogP contribution in [0.1, 0.15) is 50.7 Å². The Morgan fingerprint density at radius 3 is 2.24 bits per heavy atom. The largest absolute Gasteiger partial charge is 0.457 e. The molecule has 0 saturated heterocycles. The molecule has 0 aliphatic carbocycles. The Balaban J connectivity index is 1.50. The number of anilines is 2. The Labute approximate surface area is 239 Å². The Bertz CT molecular complexity index is 1490. The molecule has 3 amide bonds. The van der Waals surface area contributed by atoms with Crippen molar-refractivity contribution in [3.63, 3.8) is 0 Å². The van der Waals surface area contributed by atoms with Crippen molar-refractivity contribution in [3.8, 4) is 17.2 Å². The number of rotatable bonds is 9. The van der Waals surface area contributed by atoms with Crippen LogP contribution in [-0.4, -0.2) is 45.0 Å². The van der Waals surface area contributed by atoms with Crippen LogP contribution in [0.15, 0.2) is 79.1 Å². The molecule has 0 spiro atoms. The molecular formula is C31H36N6O4. The van der Waals surface area contributed by atoms with Crippen molar-refractivity contribution in [1.29, 1.82) is 0 Å². The fourth-order valence-corrected chi connectivity index (χ4v) is 3.72. The summed E-state index contributed by atoms with van der Waals surface area (Å²) in [5.41, 5.74) is 1.68. The minimum absolute atomic E-state index is 0.0448. The number of urea groups is 1. The van der Waals surface area contributed by atoms with Gasteiger partial charge in [-0.1, -0.05) is 40.7 Å². The minimum atomic E-state index is -0.449. The summed E-state index contributed by atoms with van der Waals surface area (Å²) in [7, 11) is 0. The lowest BCUT2D eigenvalue weighted by atomic mass is 9.92. The van der Waals surface area contributed by atoms with Gasteiger partial charge in [-0.15, -0.1) is 0 Å². The molecule has 4 rings (SSSR count). The van der Waals surface area contributed by atoms with Gasteiger partial charge in [0.1, 0.15) is 17.3 Å². The van der Waals surface area contributed by atoms with Crippen LogP contribution >= 0.6 is 0 Å². The van der Waals surface area contributed by atoms with Crippen molar-refractivity contribution in [2.24, 2.45) is 5.41 Å². The molecule has 0 bridgehead atoms.